The predicted molar refractivity (Wildman–Crippen MR) is 72.0 cm³/mol. The van der Waals surface area contributed by atoms with Crippen LogP contribution in [0.25, 0.3) is 0 Å². The van der Waals surface area contributed by atoms with Crippen molar-refractivity contribution in [1.82, 2.24) is 4.98 Å². The van der Waals surface area contributed by atoms with Gasteiger partial charge in [-0.25, -0.2) is 0 Å². The Labute approximate surface area is 109 Å². The van der Waals surface area contributed by atoms with E-state index in [9.17, 15) is 5.11 Å². The lowest BCUT2D eigenvalue weighted by molar-refractivity contribution is -0.0326. The Balaban J connectivity index is 1.76. The molecule has 0 aromatic carbocycles. The minimum atomic E-state index is -0.621. The Kier molecular flexibility index (Phi) is 3.38. The highest BCUT2D eigenvalue weighted by molar-refractivity contribution is 5.19. The number of aromatic nitrogens is 1. The fourth-order valence-corrected chi connectivity index (χ4v) is 3.31. The summed E-state index contributed by atoms with van der Waals surface area (Å²) in [6.07, 6.45) is 13.4. The van der Waals surface area contributed by atoms with Gasteiger partial charge in [0.15, 0.2) is 0 Å². The lowest BCUT2D eigenvalue weighted by atomic mass is 9.69. The van der Waals surface area contributed by atoms with Crippen molar-refractivity contribution in [3.8, 4) is 0 Å². The zero-order valence-corrected chi connectivity index (χ0v) is 11.0. The molecule has 0 bridgehead atoms. The van der Waals surface area contributed by atoms with Gasteiger partial charge in [0.25, 0.3) is 0 Å². The van der Waals surface area contributed by atoms with Crippen LogP contribution in [0.2, 0.25) is 0 Å². The highest BCUT2D eigenvalue weighted by atomic mass is 16.3. The summed E-state index contributed by atoms with van der Waals surface area (Å²) in [5, 5.41) is 11.1. The zero-order chi connectivity index (χ0) is 12.4. The minimum absolute atomic E-state index is 0.621. The summed E-state index contributed by atoms with van der Waals surface area (Å²) >= 11 is 0. The smallest absolute Gasteiger partial charge is 0.0916 e. The molecule has 3 rings (SSSR count). The normalized spacial score (nSPS) is 21.4. The lowest BCUT2D eigenvalue weighted by Gasteiger charge is -2.40. The van der Waals surface area contributed by atoms with Gasteiger partial charge >= 0.3 is 0 Å². The largest absolute Gasteiger partial charge is 0.385 e. The molecule has 1 aromatic heterocycles. The molecule has 0 radical (unpaired) electrons. The second-order valence-corrected chi connectivity index (χ2v) is 6.28. The first-order chi connectivity index (χ1) is 8.76. The third-order valence-electron chi connectivity index (χ3n) is 4.90. The van der Waals surface area contributed by atoms with Crippen molar-refractivity contribution in [3.63, 3.8) is 0 Å². The van der Waals surface area contributed by atoms with Crippen LogP contribution in [0.5, 0.6) is 0 Å². The van der Waals surface area contributed by atoms with E-state index in [1.54, 1.807) is 6.20 Å². The van der Waals surface area contributed by atoms with Gasteiger partial charge < -0.3 is 5.11 Å². The van der Waals surface area contributed by atoms with Crippen molar-refractivity contribution in [2.24, 2.45) is 11.8 Å². The van der Waals surface area contributed by atoms with Gasteiger partial charge in [-0.15, -0.1) is 0 Å². The van der Waals surface area contributed by atoms with Gasteiger partial charge in [0, 0.05) is 18.0 Å². The van der Waals surface area contributed by atoms with Crippen molar-refractivity contribution in [2.45, 2.75) is 57.0 Å². The topological polar surface area (TPSA) is 33.1 Å². The van der Waals surface area contributed by atoms with E-state index in [0.29, 0.717) is 0 Å². The van der Waals surface area contributed by atoms with Crippen LogP contribution >= 0.6 is 0 Å². The van der Waals surface area contributed by atoms with Crippen LogP contribution in [0.4, 0.5) is 0 Å². The number of pyridine rings is 1. The standard InChI is InChI=1S/C16H23NO/c18-16(10-13-4-1-5-13,11-14-6-2-7-14)15-8-3-9-17-12-15/h3,8-9,12-14,18H,1-2,4-7,10-11H2. The monoisotopic (exact) mass is 245 g/mol. The van der Waals surface area contributed by atoms with E-state index in [-0.39, 0.29) is 0 Å². The molecule has 2 aliphatic rings. The Morgan fingerprint density at radius 3 is 2.11 bits per heavy atom. The second-order valence-electron chi connectivity index (χ2n) is 6.28. The van der Waals surface area contributed by atoms with Crippen molar-refractivity contribution < 1.29 is 5.11 Å². The van der Waals surface area contributed by atoms with E-state index in [4.69, 9.17) is 0 Å². The molecule has 18 heavy (non-hydrogen) atoms. The molecule has 2 fully saturated rings. The fraction of sp³-hybridized carbons (Fsp3) is 0.688. The molecule has 0 atom stereocenters. The van der Waals surface area contributed by atoms with Crippen LogP contribution < -0.4 is 0 Å². The van der Waals surface area contributed by atoms with Crippen LogP contribution in [0.3, 0.4) is 0 Å². The number of rotatable bonds is 5. The number of hydrogen-bond donors (Lipinski definition) is 1. The van der Waals surface area contributed by atoms with Gasteiger partial charge in [-0.05, 0) is 30.7 Å². The highest BCUT2D eigenvalue weighted by Gasteiger charge is 2.38. The van der Waals surface area contributed by atoms with Crippen LogP contribution in [0.1, 0.15) is 56.9 Å². The first-order valence-electron chi connectivity index (χ1n) is 7.39. The Morgan fingerprint density at radius 2 is 1.72 bits per heavy atom. The van der Waals surface area contributed by atoms with E-state index < -0.39 is 5.60 Å². The third-order valence-corrected chi connectivity index (χ3v) is 4.90. The number of aliphatic hydroxyl groups is 1. The van der Waals surface area contributed by atoms with Crippen LogP contribution in [0, 0.1) is 11.8 Å². The summed E-state index contributed by atoms with van der Waals surface area (Å²) in [5.41, 5.74) is 0.411. The SMILES string of the molecule is OC(CC1CCC1)(CC1CCC1)c1cccnc1. The molecule has 0 amide bonds. The Bertz CT molecular complexity index is 365. The van der Waals surface area contributed by atoms with E-state index >= 15 is 0 Å². The fourth-order valence-electron chi connectivity index (χ4n) is 3.31. The molecule has 1 N–H and O–H groups in total. The molecule has 0 spiro atoms. The van der Waals surface area contributed by atoms with Gasteiger partial charge in [-0.3, -0.25) is 4.98 Å². The molecule has 0 aliphatic heterocycles. The number of nitrogens with zero attached hydrogens (tertiary/aromatic N) is 1. The van der Waals surface area contributed by atoms with Gasteiger partial charge in [0.1, 0.15) is 0 Å². The maximum Gasteiger partial charge on any atom is 0.0916 e. The van der Waals surface area contributed by atoms with Gasteiger partial charge in [0.2, 0.25) is 0 Å². The average Bonchev–Trinajstić information content (AvgIpc) is 2.30. The molecule has 2 heteroatoms. The molecule has 98 valence electrons. The summed E-state index contributed by atoms with van der Waals surface area (Å²) in [6.45, 7) is 0. The summed E-state index contributed by atoms with van der Waals surface area (Å²) in [4.78, 5) is 4.19. The van der Waals surface area contributed by atoms with Crippen LogP contribution in [-0.4, -0.2) is 10.1 Å². The van der Waals surface area contributed by atoms with Crippen molar-refractivity contribution in [2.75, 3.05) is 0 Å². The van der Waals surface area contributed by atoms with Crippen LogP contribution in [0.15, 0.2) is 24.5 Å². The van der Waals surface area contributed by atoms with Gasteiger partial charge in [-0.2, -0.15) is 0 Å². The minimum Gasteiger partial charge on any atom is -0.385 e. The molecular formula is C16H23NO. The van der Waals surface area contributed by atoms with Crippen molar-refractivity contribution in [3.05, 3.63) is 30.1 Å². The molecule has 1 aromatic rings. The molecule has 1 heterocycles. The average molecular weight is 245 g/mol. The Morgan fingerprint density at radius 1 is 1.11 bits per heavy atom. The van der Waals surface area contributed by atoms with Crippen molar-refractivity contribution in [1.29, 1.82) is 0 Å². The summed E-state index contributed by atoms with van der Waals surface area (Å²) < 4.78 is 0. The highest BCUT2D eigenvalue weighted by Crippen LogP contribution is 2.44. The number of hydrogen-bond acceptors (Lipinski definition) is 2. The Hall–Kier alpha value is -0.890. The zero-order valence-electron chi connectivity index (χ0n) is 11.0. The quantitative estimate of drug-likeness (QED) is 0.859. The van der Waals surface area contributed by atoms with E-state index in [1.165, 1.54) is 38.5 Å². The van der Waals surface area contributed by atoms with E-state index in [1.807, 2.05) is 18.3 Å². The molecule has 0 saturated heterocycles. The van der Waals surface area contributed by atoms with Crippen LogP contribution in [-0.2, 0) is 5.60 Å². The summed E-state index contributed by atoms with van der Waals surface area (Å²) in [5.74, 6) is 1.46. The molecular weight excluding hydrogens is 222 g/mol. The first kappa shape index (κ1) is 12.2. The third kappa shape index (κ3) is 2.44. The molecule has 2 nitrogen and oxygen atoms in total. The van der Waals surface area contributed by atoms with Gasteiger partial charge in [-0.1, -0.05) is 44.6 Å². The molecule has 2 aliphatic carbocycles. The van der Waals surface area contributed by atoms with E-state index in [0.717, 1.165) is 30.2 Å². The van der Waals surface area contributed by atoms with Gasteiger partial charge in [0.05, 0.1) is 5.60 Å². The van der Waals surface area contributed by atoms with E-state index in [2.05, 4.69) is 4.98 Å². The maximum absolute atomic E-state index is 11.1. The lowest BCUT2D eigenvalue weighted by Crippen LogP contribution is -2.35. The first-order valence-corrected chi connectivity index (χ1v) is 7.39. The summed E-state index contributed by atoms with van der Waals surface area (Å²) in [6, 6.07) is 3.99. The molecule has 0 unspecified atom stereocenters. The second kappa shape index (κ2) is 5.00. The maximum atomic E-state index is 11.1. The predicted octanol–water partition coefficient (Wildman–Crippen LogP) is 3.65. The molecule has 2 saturated carbocycles. The summed E-state index contributed by atoms with van der Waals surface area (Å²) in [7, 11) is 0. The van der Waals surface area contributed by atoms with Crippen molar-refractivity contribution >= 4 is 0 Å².